The minimum Gasteiger partial charge on any atom is -0.459 e. The third-order valence-corrected chi connectivity index (χ3v) is 12.6. The average Bonchev–Trinajstić information content (AvgIpc) is 3.88. The first-order chi connectivity index (χ1) is 24.0. The van der Waals surface area contributed by atoms with E-state index >= 15 is 0 Å². The van der Waals surface area contributed by atoms with Gasteiger partial charge in [-0.1, -0.05) is 20.8 Å². The molecule has 0 radical (unpaired) electrons. The van der Waals surface area contributed by atoms with Crippen LogP contribution in [0.15, 0.2) is 0 Å². The summed E-state index contributed by atoms with van der Waals surface area (Å²) in [6.07, 6.45) is -6.51. The van der Waals surface area contributed by atoms with Crippen molar-refractivity contribution in [1.82, 2.24) is 10.2 Å². The average molecular weight is 747 g/mol. The van der Waals surface area contributed by atoms with E-state index in [-0.39, 0.29) is 30.9 Å². The Morgan fingerprint density at radius 1 is 0.981 bits per heavy atom. The third-order valence-electron chi connectivity index (χ3n) is 12.6. The van der Waals surface area contributed by atoms with Crippen molar-refractivity contribution in [2.45, 2.75) is 185 Å². The molecule has 0 aromatic carbocycles. The highest BCUT2D eigenvalue weighted by Gasteiger charge is 2.67. The fraction of sp³-hybridized carbons (Fsp3) is 0.974. The summed E-state index contributed by atoms with van der Waals surface area (Å²) in [6, 6.07) is -0.831. The van der Waals surface area contributed by atoms with Crippen molar-refractivity contribution < 1.29 is 58.4 Å². The SMILES string of the molecule is CC[C@H]1OC(=O)[C@H](C)[C@@H](O[C@H]2C[C@@](C)(OC)[C@]3(CO3)[C@H](C)O2)[C@H](C)[C@@H](O[C@@H]2O[C@H](C)C[C@H](N(C)C)[C@H]2O)[C@](C)(O)C[C@@H](C)CN[C@H](C)[C@@H](O)[C@]1(C)O. The van der Waals surface area contributed by atoms with Crippen LogP contribution in [0.3, 0.4) is 0 Å². The molecule has 1 spiro atoms. The topological polar surface area (TPSA) is 181 Å². The second-order valence-corrected chi connectivity index (χ2v) is 17.3. The Morgan fingerprint density at radius 3 is 2.17 bits per heavy atom. The fourth-order valence-corrected chi connectivity index (χ4v) is 9.03. The van der Waals surface area contributed by atoms with Crippen molar-refractivity contribution >= 4 is 5.97 Å². The number of aliphatic hydroxyl groups excluding tert-OH is 2. The largest absolute Gasteiger partial charge is 0.459 e. The molecule has 52 heavy (non-hydrogen) atoms. The first-order valence-corrected chi connectivity index (χ1v) is 19.3. The molecule has 4 fully saturated rings. The number of esters is 1. The number of carbonyl (C=O) groups excluding carboxylic acids is 1. The van der Waals surface area contributed by atoms with Crippen LogP contribution in [-0.2, 0) is 38.0 Å². The van der Waals surface area contributed by atoms with Gasteiger partial charge in [-0.15, -0.1) is 0 Å². The normalized spacial score (nSPS) is 51.5. The standard InChI is InChI=1S/C38H70N2O12/c1-14-27-37(10,45)31(42)24(6)39-18-20(2)16-35(8,44)32(52-34-29(41)26(40(11)12)15-21(3)48-34)22(4)30(23(5)33(43)50-27)51-28-17-36(9,46-13)38(19-47-38)25(7)49-28/h20-32,34,39,41-42,44-45H,14-19H2,1-13H3/t20-,21-,22+,23-,24-,25+,26+,27-,28+,29-,30+,31-,32-,34+,35-,36-,37-,38+/m1/s1. The van der Waals surface area contributed by atoms with Crippen LogP contribution in [0.25, 0.3) is 0 Å². The second-order valence-electron chi connectivity index (χ2n) is 17.3. The zero-order valence-corrected chi connectivity index (χ0v) is 33.8. The Morgan fingerprint density at radius 2 is 1.62 bits per heavy atom. The summed E-state index contributed by atoms with van der Waals surface area (Å²) in [5, 5.41) is 50.2. The predicted octanol–water partition coefficient (Wildman–Crippen LogP) is 1.97. The number of rotatable bonds is 7. The van der Waals surface area contributed by atoms with E-state index in [9.17, 15) is 25.2 Å². The first-order valence-electron chi connectivity index (χ1n) is 19.3. The third kappa shape index (κ3) is 8.84. The smallest absolute Gasteiger partial charge is 0.311 e. The summed E-state index contributed by atoms with van der Waals surface area (Å²) in [5.74, 6) is -2.48. The lowest BCUT2D eigenvalue weighted by molar-refractivity contribution is -0.315. The molecule has 0 aromatic rings. The molecule has 4 saturated heterocycles. The Kier molecular flexibility index (Phi) is 14.0. The molecule has 0 unspecified atom stereocenters. The van der Waals surface area contributed by atoms with Crippen molar-refractivity contribution in [3.63, 3.8) is 0 Å². The molecule has 4 aliphatic heterocycles. The summed E-state index contributed by atoms with van der Waals surface area (Å²) in [4.78, 5) is 16.1. The van der Waals surface area contributed by atoms with E-state index in [2.05, 4.69) is 5.32 Å². The summed E-state index contributed by atoms with van der Waals surface area (Å²) < 4.78 is 44.1. The van der Waals surface area contributed by atoms with Crippen LogP contribution >= 0.6 is 0 Å². The number of cyclic esters (lactones) is 1. The van der Waals surface area contributed by atoms with Gasteiger partial charge >= 0.3 is 5.97 Å². The number of epoxide rings is 1. The van der Waals surface area contributed by atoms with Gasteiger partial charge in [-0.05, 0) is 94.3 Å². The van der Waals surface area contributed by atoms with Gasteiger partial charge in [0.1, 0.15) is 35.1 Å². The van der Waals surface area contributed by atoms with E-state index in [1.165, 1.54) is 6.92 Å². The quantitative estimate of drug-likeness (QED) is 0.189. The molecule has 0 aromatic heterocycles. The number of hydrogen-bond donors (Lipinski definition) is 5. The molecular formula is C38H70N2O12. The van der Waals surface area contributed by atoms with Crippen LogP contribution in [0.5, 0.6) is 0 Å². The summed E-state index contributed by atoms with van der Waals surface area (Å²) in [6.45, 7) is 18.9. The van der Waals surface area contributed by atoms with E-state index in [0.717, 1.165) is 0 Å². The van der Waals surface area contributed by atoms with Crippen molar-refractivity contribution in [3.05, 3.63) is 0 Å². The molecule has 4 aliphatic rings. The van der Waals surface area contributed by atoms with Gasteiger partial charge < -0.3 is 63.8 Å². The van der Waals surface area contributed by atoms with E-state index in [4.69, 9.17) is 33.2 Å². The lowest BCUT2D eigenvalue weighted by Crippen LogP contribution is -2.61. The molecular weight excluding hydrogens is 676 g/mol. The highest BCUT2D eigenvalue weighted by Crippen LogP contribution is 2.51. The van der Waals surface area contributed by atoms with E-state index in [0.29, 0.717) is 26.0 Å². The summed E-state index contributed by atoms with van der Waals surface area (Å²) in [7, 11) is 5.42. The number of likely N-dealkylation sites (N-methyl/N-ethyl adjacent to an activating group) is 1. The Bertz CT molecular complexity index is 1180. The molecule has 14 heteroatoms. The minimum absolute atomic E-state index is 0.139. The van der Waals surface area contributed by atoms with Gasteiger partial charge in [0, 0.05) is 31.5 Å². The van der Waals surface area contributed by atoms with Gasteiger partial charge in [0.2, 0.25) is 0 Å². The van der Waals surface area contributed by atoms with Crippen LogP contribution in [0.4, 0.5) is 0 Å². The lowest BCUT2D eigenvalue weighted by Gasteiger charge is -2.49. The molecule has 14 nitrogen and oxygen atoms in total. The Labute approximate surface area is 311 Å². The van der Waals surface area contributed by atoms with Crippen molar-refractivity contribution in [3.8, 4) is 0 Å². The molecule has 0 aliphatic carbocycles. The molecule has 0 saturated carbocycles. The van der Waals surface area contributed by atoms with Crippen LogP contribution in [0.2, 0.25) is 0 Å². The highest BCUT2D eigenvalue weighted by atomic mass is 16.7. The van der Waals surface area contributed by atoms with Gasteiger partial charge in [0.05, 0.1) is 42.5 Å². The van der Waals surface area contributed by atoms with Crippen molar-refractivity contribution in [2.24, 2.45) is 17.8 Å². The van der Waals surface area contributed by atoms with Crippen LogP contribution < -0.4 is 5.32 Å². The monoisotopic (exact) mass is 746 g/mol. The van der Waals surface area contributed by atoms with Gasteiger partial charge in [-0.3, -0.25) is 4.79 Å². The Balaban J connectivity index is 1.79. The highest BCUT2D eigenvalue weighted by molar-refractivity contribution is 5.73. The molecule has 5 N–H and O–H groups in total. The number of nitrogens with zero attached hydrogens (tertiary/aromatic N) is 1. The number of carbonyl (C=O) groups is 1. The van der Waals surface area contributed by atoms with Crippen molar-refractivity contribution in [2.75, 3.05) is 34.4 Å². The van der Waals surface area contributed by atoms with E-state index in [1.54, 1.807) is 34.8 Å². The number of ether oxygens (including phenoxy) is 7. The fourth-order valence-electron chi connectivity index (χ4n) is 9.03. The first kappa shape index (κ1) is 43.7. The van der Waals surface area contributed by atoms with E-state index < -0.39 is 95.5 Å². The zero-order valence-electron chi connectivity index (χ0n) is 33.8. The number of nitrogens with one attached hydrogen (secondary N) is 1. The maximum absolute atomic E-state index is 14.2. The molecule has 18 atom stereocenters. The molecule has 304 valence electrons. The van der Waals surface area contributed by atoms with Gasteiger partial charge in [0.15, 0.2) is 12.6 Å². The number of aliphatic hydroxyl groups is 4. The maximum Gasteiger partial charge on any atom is 0.311 e. The van der Waals surface area contributed by atoms with Gasteiger partial charge in [0.25, 0.3) is 0 Å². The lowest BCUT2D eigenvalue weighted by atomic mass is 9.77. The number of hydrogen-bond acceptors (Lipinski definition) is 14. The van der Waals surface area contributed by atoms with Gasteiger partial charge in [-0.2, -0.15) is 0 Å². The predicted molar refractivity (Wildman–Crippen MR) is 192 cm³/mol. The van der Waals surface area contributed by atoms with Crippen LogP contribution in [0, 0.1) is 17.8 Å². The maximum atomic E-state index is 14.2. The summed E-state index contributed by atoms with van der Waals surface area (Å²) in [5.41, 5.74) is -4.68. The zero-order chi connectivity index (χ0) is 39.1. The summed E-state index contributed by atoms with van der Waals surface area (Å²) >= 11 is 0. The van der Waals surface area contributed by atoms with E-state index in [1.807, 2.05) is 53.6 Å². The molecule has 0 amide bonds. The second kappa shape index (κ2) is 16.6. The van der Waals surface area contributed by atoms with Crippen molar-refractivity contribution in [1.29, 1.82) is 0 Å². The number of methoxy groups -OCH3 is 1. The molecule has 4 heterocycles. The molecule has 0 bridgehead atoms. The Hall–Kier alpha value is -1.01. The van der Waals surface area contributed by atoms with Crippen LogP contribution in [0.1, 0.15) is 94.9 Å². The van der Waals surface area contributed by atoms with Gasteiger partial charge in [-0.25, -0.2) is 0 Å². The molecule has 4 rings (SSSR count). The minimum atomic E-state index is -1.78. The van der Waals surface area contributed by atoms with Crippen LogP contribution in [-0.4, -0.2) is 155 Å².